The molecule has 0 bridgehead atoms. The Hall–Kier alpha value is -0.0400. The summed E-state index contributed by atoms with van der Waals surface area (Å²) < 4.78 is 0. The van der Waals surface area contributed by atoms with Crippen molar-refractivity contribution >= 4 is 0 Å². The van der Waals surface area contributed by atoms with Crippen LogP contribution in [0.4, 0.5) is 0 Å². The van der Waals surface area contributed by atoms with Gasteiger partial charge in [-0.1, -0.05) is 40.0 Å². The van der Waals surface area contributed by atoms with Crippen LogP contribution in [-0.4, -0.2) is 13.6 Å². The molecule has 13 heavy (non-hydrogen) atoms. The molecule has 0 amide bonds. The molecular weight excluding hydrogens is 158 g/mol. The molecule has 0 fully saturated rings. The van der Waals surface area contributed by atoms with Crippen LogP contribution in [0.3, 0.4) is 0 Å². The van der Waals surface area contributed by atoms with E-state index in [1.54, 1.807) is 0 Å². The summed E-state index contributed by atoms with van der Waals surface area (Å²) in [5.74, 6) is 0. The molecule has 1 heteroatoms. The zero-order chi connectivity index (χ0) is 10.2. The van der Waals surface area contributed by atoms with E-state index in [9.17, 15) is 0 Å². The molecule has 0 atom stereocenters. The molecule has 0 aromatic rings. The van der Waals surface area contributed by atoms with Crippen molar-refractivity contribution in [2.45, 2.75) is 59.3 Å². The van der Waals surface area contributed by atoms with Gasteiger partial charge in [-0.2, -0.15) is 0 Å². The van der Waals surface area contributed by atoms with E-state index in [0.29, 0.717) is 5.41 Å². The highest BCUT2D eigenvalue weighted by molar-refractivity contribution is 4.68. The molecule has 0 unspecified atom stereocenters. The lowest BCUT2D eigenvalue weighted by molar-refractivity contribution is 0.287. The van der Waals surface area contributed by atoms with Gasteiger partial charge in [0.1, 0.15) is 0 Å². The van der Waals surface area contributed by atoms with E-state index in [2.05, 4.69) is 26.1 Å². The summed E-state index contributed by atoms with van der Waals surface area (Å²) in [4.78, 5) is 0. The van der Waals surface area contributed by atoms with Gasteiger partial charge in [-0.3, -0.25) is 0 Å². The summed E-state index contributed by atoms with van der Waals surface area (Å²) >= 11 is 0. The molecule has 0 radical (unpaired) electrons. The van der Waals surface area contributed by atoms with Gasteiger partial charge in [0.2, 0.25) is 0 Å². The fraction of sp³-hybridized carbons (Fsp3) is 1.00. The predicted octanol–water partition coefficient (Wildman–Crippen LogP) is 3.59. The molecule has 1 N–H and O–H groups in total. The van der Waals surface area contributed by atoms with E-state index in [4.69, 9.17) is 0 Å². The Kier molecular flexibility index (Phi) is 7.35. The van der Waals surface area contributed by atoms with Crippen LogP contribution in [0.25, 0.3) is 0 Å². The van der Waals surface area contributed by atoms with Gasteiger partial charge in [0, 0.05) is 0 Å². The average Bonchev–Trinajstić information content (AvgIpc) is 2.09. The van der Waals surface area contributed by atoms with Crippen LogP contribution in [0.15, 0.2) is 0 Å². The normalized spacial score (nSPS) is 12.0. The summed E-state index contributed by atoms with van der Waals surface area (Å²) in [5.41, 5.74) is 0.573. The lowest BCUT2D eigenvalue weighted by atomic mass is 9.82. The van der Waals surface area contributed by atoms with E-state index in [-0.39, 0.29) is 0 Å². The number of hydrogen-bond acceptors (Lipinski definition) is 1. The molecule has 0 saturated heterocycles. The van der Waals surface area contributed by atoms with E-state index in [0.717, 1.165) is 0 Å². The monoisotopic (exact) mass is 185 g/mol. The fourth-order valence-electron chi connectivity index (χ4n) is 1.69. The molecule has 0 aliphatic heterocycles. The third-order valence-electron chi connectivity index (χ3n) is 2.74. The summed E-state index contributed by atoms with van der Waals surface area (Å²) in [6.07, 6.45) is 8.19. The van der Waals surface area contributed by atoms with Crippen molar-refractivity contribution in [2.24, 2.45) is 5.41 Å². The van der Waals surface area contributed by atoms with E-state index < -0.39 is 0 Å². The van der Waals surface area contributed by atoms with Crippen molar-refractivity contribution in [3.8, 4) is 0 Å². The Morgan fingerprint density at radius 1 is 1.00 bits per heavy atom. The minimum absolute atomic E-state index is 0.573. The third kappa shape index (κ3) is 8.29. The Bertz CT molecular complexity index is 108. The predicted molar refractivity (Wildman–Crippen MR) is 61.1 cm³/mol. The van der Waals surface area contributed by atoms with E-state index in [1.165, 1.54) is 45.1 Å². The standard InChI is InChI=1S/C12H27N/c1-5-6-9-12(2,3)10-7-8-11-13-4/h13H,5-11H2,1-4H3. The van der Waals surface area contributed by atoms with Crippen LogP contribution in [0.1, 0.15) is 59.3 Å². The fourth-order valence-corrected chi connectivity index (χ4v) is 1.69. The van der Waals surface area contributed by atoms with Crippen LogP contribution in [0.5, 0.6) is 0 Å². The minimum Gasteiger partial charge on any atom is -0.320 e. The van der Waals surface area contributed by atoms with Crippen LogP contribution in [0.2, 0.25) is 0 Å². The van der Waals surface area contributed by atoms with Crippen molar-refractivity contribution in [3.63, 3.8) is 0 Å². The Morgan fingerprint density at radius 2 is 1.62 bits per heavy atom. The molecule has 0 aromatic carbocycles. The van der Waals surface area contributed by atoms with Gasteiger partial charge in [-0.25, -0.2) is 0 Å². The van der Waals surface area contributed by atoms with Crippen molar-refractivity contribution in [3.05, 3.63) is 0 Å². The SMILES string of the molecule is CCCCC(C)(C)CCCCNC. The molecule has 0 aliphatic carbocycles. The second-order valence-electron chi connectivity index (χ2n) is 4.83. The third-order valence-corrected chi connectivity index (χ3v) is 2.74. The van der Waals surface area contributed by atoms with Gasteiger partial charge in [0.25, 0.3) is 0 Å². The maximum absolute atomic E-state index is 3.20. The van der Waals surface area contributed by atoms with Crippen LogP contribution < -0.4 is 5.32 Å². The number of nitrogens with one attached hydrogen (secondary N) is 1. The van der Waals surface area contributed by atoms with Gasteiger partial charge in [-0.05, 0) is 38.3 Å². The van der Waals surface area contributed by atoms with Crippen LogP contribution in [0, 0.1) is 5.41 Å². The second-order valence-corrected chi connectivity index (χ2v) is 4.83. The Labute approximate surface area is 84.3 Å². The van der Waals surface area contributed by atoms with Crippen LogP contribution >= 0.6 is 0 Å². The second kappa shape index (κ2) is 7.37. The largest absolute Gasteiger partial charge is 0.320 e. The van der Waals surface area contributed by atoms with Crippen molar-refractivity contribution < 1.29 is 0 Å². The summed E-state index contributed by atoms with van der Waals surface area (Å²) in [7, 11) is 2.03. The molecule has 0 saturated carbocycles. The smallest absolute Gasteiger partial charge is 0.00519 e. The summed E-state index contributed by atoms with van der Waals surface area (Å²) in [6, 6.07) is 0. The first kappa shape index (κ1) is 13.0. The van der Waals surface area contributed by atoms with Gasteiger partial charge >= 0.3 is 0 Å². The van der Waals surface area contributed by atoms with E-state index in [1.807, 2.05) is 7.05 Å². The molecule has 0 spiro atoms. The van der Waals surface area contributed by atoms with Crippen molar-refractivity contribution in [1.29, 1.82) is 0 Å². The van der Waals surface area contributed by atoms with Crippen LogP contribution in [-0.2, 0) is 0 Å². The molecule has 0 aromatic heterocycles. The molecule has 1 nitrogen and oxygen atoms in total. The zero-order valence-corrected chi connectivity index (χ0v) is 9.95. The first-order valence-electron chi connectivity index (χ1n) is 5.77. The highest BCUT2D eigenvalue weighted by atomic mass is 14.8. The lowest BCUT2D eigenvalue weighted by Crippen LogP contribution is -2.13. The maximum atomic E-state index is 3.20. The lowest BCUT2D eigenvalue weighted by Gasteiger charge is -2.24. The van der Waals surface area contributed by atoms with Gasteiger partial charge < -0.3 is 5.32 Å². The number of rotatable bonds is 8. The highest BCUT2D eigenvalue weighted by Crippen LogP contribution is 2.29. The molecule has 0 rings (SSSR count). The molecule has 0 aliphatic rings. The van der Waals surface area contributed by atoms with E-state index >= 15 is 0 Å². The Morgan fingerprint density at radius 3 is 2.15 bits per heavy atom. The molecule has 0 heterocycles. The van der Waals surface area contributed by atoms with Gasteiger partial charge in [0.05, 0.1) is 0 Å². The first-order valence-corrected chi connectivity index (χ1v) is 5.77. The summed E-state index contributed by atoms with van der Waals surface area (Å²) in [5, 5.41) is 3.20. The average molecular weight is 185 g/mol. The number of hydrogen-bond donors (Lipinski definition) is 1. The molecule has 80 valence electrons. The van der Waals surface area contributed by atoms with Crippen molar-refractivity contribution in [2.75, 3.05) is 13.6 Å². The topological polar surface area (TPSA) is 12.0 Å². The highest BCUT2D eigenvalue weighted by Gasteiger charge is 2.15. The molecular formula is C12H27N. The van der Waals surface area contributed by atoms with Gasteiger partial charge in [0.15, 0.2) is 0 Å². The quantitative estimate of drug-likeness (QED) is 0.570. The maximum Gasteiger partial charge on any atom is -0.00519 e. The Balaban J connectivity index is 3.39. The van der Waals surface area contributed by atoms with Crippen molar-refractivity contribution in [1.82, 2.24) is 5.32 Å². The zero-order valence-electron chi connectivity index (χ0n) is 9.95. The number of unbranched alkanes of at least 4 members (excludes halogenated alkanes) is 2. The van der Waals surface area contributed by atoms with Gasteiger partial charge in [-0.15, -0.1) is 0 Å². The first-order chi connectivity index (χ1) is 6.12. The minimum atomic E-state index is 0.573. The summed E-state index contributed by atoms with van der Waals surface area (Å²) in [6.45, 7) is 8.25.